The lowest BCUT2D eigenvalue weighted by atomic mass is 9.81. The van der Waals surface area contributed by atoms with Crippen molar-refractivity contribution in [3.63, 3.8) is 0 Å². The number of hydrogen-bond acceptors (Lipinski definition) is 4. The van der Waals surface area contributed by atoms with Crippen LogP contribution >= 0.6 is 0 Å². The summed E-state index contributed by atoms with van der Waals surface area (Å²) in [4.78, 5) is 24.1. The molecule has 1 heterocycles. The third-order valence-electron chi connectivity index (χ3n) is 4.27. The Morgan fingerprint density at radius 2 is 1.73 bits per heavy atom. The molecule has 2 aliphatic rings. The quantitative estimate of drug-likeness (QED) is 0.892. The van der Waals surface area contributed by atoms with Gasteiger partial charge in [0, 0.05) is 5.56 Å². The molecule has 0 aromatic heterocycles. The zero-order chi connectivity index (χ0) is 15.6. The highest BCUT2D eigenvalue weighted by atomic mass is 16.6. The molecular weight excluding hydrogens is 286 g/mol. The van der Waals surface area contributed by atoms with Gasteiger partial charge in [-0.05, 0) is 31.0 Å². The van der Waals surface area contributed by atoms with Crippen molar-refractivity contribution >= 4 is 11.9 Å². The van der Waals surface area contributed by atoms with Crippen LogP contribution in [0.1, 0.15) is 42.5 Å². The number of aliphatic carboxylic acids is 1. The van der Waals surface area contributed by atoms with Gasteiger partial charge in [0.25, 0.3) is 5.91 Å². The standard InChI is InChI=1S/C16H19NO5/c18-14(17-16(15(19)20)6-2-1-3-7-16)11-4-5-12-13(10-11)22-9-8-21-12/h4-5,10H,1-3,6-9H2,(H,17,18)(H,19,20). The smallest absolute Gasteiger partial charge is 0.329 e. The fraction of sp³-hybridized carbons (Fsp3) is 0.500. The molecule has 1 aromatic carbocycles. The first kappa shape index (κ1) is 14.7. The van der Waals surface area contributed by atoms with Crippen LogP contribution in [-0.2, 0) is 4.79 Å². The average Bonchev–Trinajstić information content (AvgIpc) is 2.55. The average molecular weight is 305 g/mol. The summed E-state index contributed by atoms with van der Waals surface area (Å²) in [5.74, 6) is -0.222. The second-order valence-corrected chi connectivity index (χ2v) is 5.76. The lowest BCUT2D eigenvalue weighted by Crippen LogP contribution is -2.55. The summed E-state index contributed by atoms with van der Waals surface area (Å²) in [6, 6.07) is 4.90. The largest absolute Gasteiger partial charge is 0.486 e. The molecule has 0 spiro atoms. The second-order valence-electron chi connectivity index (χ2n) is 5.76. The number of ether oxygens (including phenoxy) is 2. The summed E-state index contributed by atoms with van der Waals surface area (Å²) in [6.45, 7) is 0.928. The van der Waals surface area contributed by atoms with Gasteiger partial charge >= 0.3 is 5.97 Å². The summed E-state index contributed by atoms with van der Waals surface area (Å²) in [5, 5.41) is 12.2. The summed E-state index contributed by atoms with van der Waals surface area (Å²) in [7, 11) is 0. The molecule has 0 radical (unpaired) electrons. The maximum Gasteiger partial charge on any atom is 0.329 e. The van der Waals surface area contributed by atoms with Crippen LogP contribution in [0.25, 0.3) is 0 Å². The Labute approximate surface area is 128 Å². The van der Waals surface area contributed by atoms with Crippen LogP contribution in [-0.4, -0.2) is 35.7 Å². The molecule has 118 valence electrons. The topological polar surface area (TPSA) is 84.9 Å². The predicted molar refractivity (Wildman–Crippen MR) is 78.4 cm³/mol. The maximum absolute atomic E-state index is 12.4. The van der Waals surface area contributed by atoms with E-state index in [4.69, 9.17) is 9.47 Å². The molecule has 1 aliphatic carbocycles. The van der Waals surface area contributed by atoms with Gasteiger partial charge in [-0.25, -0.2) is 4.79 Å². The molecule has 1 aliphatic heterocycles. The van der Waals surface area contributed by atoms with Crippen molar-refractivity contribution < 1.29 is 24.2 Å². The number of nitrogens with one attached hydrogen (secondary N) is 1. The summed E-state index contributed by atoms with van der Waals surface area (Å²) < 4.78 is 10.9. The first-order valence-electron chi connectivity index (χ1n) is 7.56. The summed E-state index contributed by atoms with van der Waals surface area (Å²) in [6.07, 6.45) is 3.58. The first-order valence-corrected chi connectivity index (χ1v) is 7.56. The number of amides is 1. The van der Waals surface area contributed by atoms with E-state index in [1.54, 1.807) is 18.2 Å². The van der Waals surface area contributed by atoms with Crippen molar-refractivity contribution in [2.45, 2.75) is 37.6 Å². The number of carbonyl (C=O) groups is 2. The van der Waals surface area contributed by atoms with E-state index in [1.165, 1.54) is 0 Å². The first-order chi connectivity index (χ1) is 10.6. The van der Waals surface area contributed by atoms with E-state index in [1.807, 2.05) is 0 Å². The zero-order valence-corrected chi connectivity index (χ0v) is 12.3. The maximum atomic E-state index is 12.4. The van der Waals surface area contributed by atoms with Crippen LogP contribution in [0, 0.1) is 0 Å². The number of fused-ring (bicyclic) bond motifs is 1. The van der Waals surface area contributed by atoms with Crippen molar-refractivity contribution in [2.24, 2.45) is 0 Å². The molecular formula is C16H19NO5. The number of benzene rings is 1. The van der Waals surface area contributed by atoms with Crippen molar-refractivity contribution in [3.05, 3.63) is 23.8 Å². The van der Waals surface area contributed by atoms with Gasteiger partial charge in [0.05, 0.1) is 0 Å². The van der Waals surface area contributed by atoms with Crippen LogP contribution < -0.4 is 14.8 Å². The van der Waals surface area contributed by atoms with Crippen LogP contribution in [0.5, 0.6) is 11.5 Å². The minimum absolute atomic E-state index is 0.385. The van der Waals surface area contributed by atoms with Crippen molar-refractivity contribution in [2.75, 3.05) is 13.2 Å². The zero-order valence-electron chi connectivity index (χ0n) is 12.3. The highest BCUT2D eigenvalue weighted by molar-refractivity contribution is 5.98. The van der Waals surface area contributed by atoms with Gasteiger partial charge in [-0.2, -0.15) is 0 Å². The molecule has 22 heavy (non-hydrogen) atoms. The molecule has 0 saturated heterocycles. The van der Waals surface area contributed by atoms with Gasteiger partial charge in [0.2, 0.25) is 0 Å². The van der Waals surface area contributed by atoms with Gasteiger partial charge in [-0.1, -0.05) is 19.3 Å². The molecule has 1 fully saturated rings. The van der Waals surface area contributed by atoms with Gasteiger partial charge in [-0.15, -0.1) is 0 Å². The van der Waals surface area contributed by atoms with Crippen LogP contribution in [0.15, 0.2) is 18.2 Å². The van der Waals surface area contributed by atoms with E-state index in [0.717, 1.165) is 19.3 Å². The van der Waals surface area contributed by atoms with E-state index < -0.39 is 11.5 Å². The highest BCUT2D eigenvalue weighted by Gasteiger charge is 2.41. The Morgan fingerprint density at radius 1 is 1.05 bits per heavy atom. The molecule has 0 atom stereocenters. The van der Waals surface area contributed by atoms with Gasteiger partial charge < -0.3 is 19.9 Å². The van der Waals surface area contributed by atoms with Gasteiger partial charge in [0.1, 0.15) is 18.8 Å². The predicted octanol–water partition coefficient (Wildman–Crippen LogP) is 1.98. The monoisotopic (exact) mass is 305 g/mol. The van der Waals surface area contributed by atoms with Crippen LogP contribution in [0.3, 0.4) is 0 Å². The Bertz CT molecular complexity index is 592. The van der Waals surface area contributed by atoms with Crippen molar-refractivity contribution in [1.29, 1.82) is 0 Å². The van der Waals surface area contributed by atoms with E-state index >= 15 is 0 Å². The number of carbonyl (C=O) groups excluding carboxylic acids is 1. The minimum Gasteiger partial charge on any atom is -0.486 e. The lowest BCUT2D eigenvalue weighted by Gasteiger charge is -2.34. The van der Waals surface area contributed by atoms with E-state index in [9.17, 15) is 14.7 Å². The van der Waals surface area contributed by atoms with E-state index in [2.05, 4.69) is 5.32 Å². The normalized spacial score (nSPS) is 19.3. The Morgan fingerprint density at radius 3 is 2.41 bits per heavy atom. The number of hydrogen-bond donors (Lipinski definition) is 2. The van der Waals surface area contributed by atoms with Crippen LogP contribution in [0.4, 0.5) is 0 Å². The Kier molecular flexibility index (Phi) is 3.92. The van der Waals surface area contributed by atoms with E-state index in [0.29, 0.717) is 43.1 Å². The third kappa shape index (κ3) is 2.73. The van der Waals surface area contributed by atoms with Gasteiger partial charge in [0.15, 0.2) is 11.5 Å². The molecule has 6 heteroatoms. The van der Waals surface area contributed by atoms with Gasteiger partial charge in [-0.3, -0.25) is 4.79 Å². The fourth-order valence-corrected chi connectivity index (χ4v) is 3.02. The van der Waals surface area contributed by atoms with Crippen LogP contribution in [0.2, 0.25) is 0 Å². The molecule has 0 bridgehead atoms. The Hall–Kier alpha value is -2.24. The molecule has 2 N–H and O–H groups in total. The second kappa shape index (κ2) is 5.87. The third-order valence-corrected chi connectivity index (χ3v) is 4.27. The number of rotatable bonds is 3. The lowest BCUT2D eigenvalue weighted by molar-refractivity contribution is -0.145. The number of carboxylic acid groups (broad SMARTS) is 1. The SMILES string of the molecule is O=C(NC1(C(=O)O)CCCCC1)c1ccc2c(c1)OCCO2. The molecule has 6 nitrogen and oxygen atoms in total. The molecule has 3 rings (SSSR count). The Balaban J connectivity index is 1.79. The molecule has 1 amide bonds. The fourth-order valence-electron chi connectivity index (χ4n) is 3.02. The molecule has 1 saturated carbocycles. The highest BCUT2D eigenvalue weighted by Crippen LogP contribution is 2.32. The minimum atomic E-state index is -1.15. The summed E-state index contributed by atoms with van der Waals surface area (Å²) >= 11 is 0. The van der Waals surface area contributed by atoms with Crippen molar-refractivity contribution in [3.8, 4) is 11.5 Å². The summed E-state index contributed by atoms with van der Waals surface area (Å²) in [5.41, 5.74) is -0.766. The molecule has 1 aromatic rings. The van der Waals surface area contributed by atoms with Crippen molar-refractivity contribution in [1.82, 2.24) is 5.32 Å². The van der Waals surface area contributed by atoms with E-state index in [-0.39, 0.29) is 5.91 Å². The molecule has 0 unspecified atom stereocenters. The number of carboxylic acids is 1.